The van der Waals surface area contributed by atoms with Crippen molar-refractivity contribution in [2.75, 3.05) is 10.6 Å². The van der Waals surface area contributed by atoms with Crippen LogP contribution in [-0.2, 0) is 9.59 Å². The number of carbonyl (C=O) groups is 2. The van der Waals surface area contributed by atoms with Gasteiger partial charge in [-0.25, -0.2) is 4.68 Å². The van der Waals surface area contributed by atoms with Gasteiger partial charge in [-0.2, -0.15) is 5.10 Å². The van der Waals surface area contributed by atoms with Crippen LogP contribution in [0.1, 0.15) is 29.4 Å². The van der Waals surface area contributed by atoms with E-state index in [4.69, 9.17) is 0 Å². The van der Waals surface area contributed by atoms with Crippen molar-refractivity contribution in [1.29, 1.82) is 0 Å². The van der Waals surface area contributed by atoms with Gasteiger partial charge in [0, 0.05) is 35.6 Å². The smallest absolute Gasteiger partial charge is 0.248 e. The van der Waals surface area contributed by atoms with Crippen molar-refractivity contribution in [2.24, 2.45) is 0 Å². The molecule has 0 fully saturated rings. The second-order valence-corrected chi connectivity index (χ2v) is 6.81. The number of para-hydroxylation sites is 1. The fourth-order valence-corrected chi connectivity index (χ4v) is 3.15. The quantitative estimate of drug-likeness (QED) is 0.636. The van der Waals surface area contributed by atoms with Crippen LogP contribution in [0.2, 0.25) is 0 Å². The first kappa shape index (κ1) is 20.1. The van der Waals surface area contributed by atoms with Crippen molar-refractivity contribution >= 4 is 29.3 Å². The summed E-state index contributed by atoms with van der Waals surface area (Å²) in [6.45, 7) is 7.20. The van der Waals surface area contributed by atoms with Gasteiger partial charge in [0.2, 0.25) is 11.8 Å². The lowest BCUT2D eigenvalue weighted by molar-refractivity contribution is -0.114. The largest absolute Gasteiger partial charge is 0.326 e. The molecule has 0 radical (unpaired) electrons. The van der Waals surface area contributed by atoms with E-state index in [-0.39, 0.29) is 11.8 Å². The zero-order valence-corrected chi connectivity index (χ0v) is 17.0. The highest BCUT2D eigenvalue weighted by atomic mass is 16.2. The number of anilines is 2. The van der Waals surface area contributed by atoms with Crippen molar-refractivity contribution in [3.05, 3.63) is 77.1 Å². The number of aromatic nitrogens is 2. The number of hydrogen-bond donors (Lipinski definition) is 2. The maximum Gasteiger partial charge on any atom is 0.248 e. The lowest BCUT2D eigenvalue weighted by Crippen LogP contribution is -2.12. The highest BCUT2D eigenvalue weighted by Gasteiger charge is 2.11. The number of aryl methyl sites for hydroxylation is 1. The summed E-state index contributed by atoms with van der Waals surface area (Å²) in [6, 6.07) is 15.3. The van der Waals surface area contributed by atoms with E-state index in [0.29, 0.717) is 11.4 Å². The Morgan fingerprint density at radius 2 is 1.59 bits per heavy atom. The molecule has 2 aromatic carbocycles. The van der Waals surface area contributed by atoms with Crippen LogP contribution >= 0.6 is 0 Å². The van der Waals surface area contributed by atoms with Crippen molar-refractivity contribution in [1.82, 2.24) is 9.78 Å². The summed E-state index contributed by atoms with van der Waals surface area (Å²) in [5.74, 6) is -0.405. The normalized spacial score (nSPS) is 10.9. The van der Waals surface area contributed by atoms with E-state index in [0.717, 1.165) is 28.2 Å². The van der Waals surface area contributed by atoms with E-state index in [1.165, 1.54) is 13.0 Å². The predicted octanol–water partition coefficient (Wildman–Crippen LogP) is 4.41. The van der Waals surface area contributed by atoms with Crippen molar-refractivity contribution < 1.29 is 9.59 Å². The van der Waals surface area contributed by atoms with Crippen LogP contribution in [0, 0.1) is 20.8 Å². The van der Waals surface area contributed by atoms with Crippen LogP contribution in [0.3, 0.4) is 0 Å². The summed E-state index contributed by atoms with van der Waals surface area (Å²) in [5, 5.41) is 10.2. The van der Waals surface area contributed by atoms with Crippen LogP contribution < -0.4 is 10.6 Å². The molecule has 2 N–H and O–H groups in total. The minimum absolute atomic E-state index is 0.155. The summed E-state index contributed by atoms with van der Waals surface area (Å²) in [6.07, 6.45) is 3.27. The molecule has 6 heteroatoms. The third kappa shape index (κ3) is 4.60. The number of hydrogen-bond acceptors (Lipinski definition) is 3. The first-order valence-corrected chi connectivity index (χ1v) is 9.34. The van der Waals surface area contributed by atoms with E-state index >= 15 is 0 Å². The molecule has 3 rings (SSSR count). The maximum absolute atomic E-state index is 12.5. The van der Waals surface area contributed by atoms with Gasteiger partial charge >= 0.3 is 0 Å². The molecule has 0 aliphatic heterocycles. The number of benzene rings is 2. The summed E-state index contributed by atoms with van der Waals surface area (Å²) in [4.78, 5) is 23.8. The van der Waals surface area contributed by atoms with Gasteiger partial charge in [0.05, 0.1) is 11.4 Å². The Labute approximate surface area is 170 Å². The topological polar surface area (TPSA) is 76.0 Å². The van der Waals surface area contributed by atoms with Gasteiger partial charge in [-0.3, -0.25) is 9.59 Å². The van der Waals surface area contributed by atoms with Gasteiger partial charge in [-0.15, -0.1) is 0 Å². The van der Waals surface area contributed by atoms with E-state index in [9.17, 15) is 9.59 Å². The van der Waals surface area contributed by atoms with Crippen molar-refractivity contribution in [3.63, 3.8) is 0 Å². The molecule has 0 bridgehead atoms. The summed E-state index contributed by atoms with van der Waals surface area (Å²) < 4.78 is 1.87. The average Bonchev–Trinajstić information content (AvgIpc) is 2.97. The van der Waals surface area contributed by atoms with E-state index in [1.807, 2.05) is 55.8 Å². The van der Waals surface area contributed by atoms with E-state index in [2.05, 4.69) is 15.7 Å². The standard InChI is InChI=1S/C23H24N4O2/c1-15-21(24-18(4)28)11-8-12-22(15)25-23(29)14-13-20-16(2)26-27(17(20)3)19-9-6-5-7-10-19/h5-14H,1-4H3,(H,24,28)(H,25,29)/b14-13+. The summed E-state index contributed by atoms with van der Waals surface area (Å²) in [7, 11) is 0. The lowest BCUT2D eigenvalue weighted by atomic mass is 10.1. The number of carbonyl (C=O) groups excluding carboxylic acids is 2. The molecule has 0 atom stereocenters. The Morgan fingerprint density at radius 3 is 2.24 bits per heavy atom. The van der Waals surface area contributed by atoms with Crippen molar-refractivity contribution in [2.45, 2.75) is 27.7 Å². The number of rotatable bonds is 5. The molecule has 0 spiro atoms. The molecule has 29 heavy (non-hydrogen) atoms. The molecule has 1 aromatic heterocycles. The fraction of sp³-hybridized carbons (Fsp3) is 0.174. The molecule has 6 nitrogen and oxygen atoms in total. The highest BCUT2D eigenvalue weighted by Crippen LogP contribution is 2.24. The molecule has 3 aromatic rings. The number of nitrogens with one attached hydrogen (secondary N) is 2. The second-order valence-electron chi connectivity index (χ2n) is 6.81. The molecule has 0 unspecified atom stereocenters. The highest BCUT2D eigenvalue weighted by molar-refractivity contribution is 6.03. The van der Waals surface area contributed by atoms with E-state index < -0.39 is 0 Å². The monoisotopic (exact) mass is 388 g/mol. The van der Waals surface area contributed by atoms with Crippen LogP contribution in [-0.4, -0.2) is 21.6 Å². The Bertz CT molecular complexity index is 1080. The van der Waals surface area contributed by atoms with Gasteiger partial charge in [-0.1, -0.05) is 24.3 Å². The first-order chi connectivity index (χ1) is 13.9. The fourth-order valence-electron chi connectivity index (χ4n) is 3.15. The van der Waals surface area contributed by atoms with Crippen LogP contribution in [0.4, 0.5) is 11.4 Å². The van der Waals surface area contributed by atoms with Gasteiger partial charge in [0.1, 0.15) is 0 Å². The SMILES string of the molecule is CC(=O)Nc1cccc(NC(=O)/C=C/c2c(C)nn(-c3ccccc3)c2C)c1C. The average molecular weight is 388 g/mol. The van der Waals surface area contributed by atoms with Gasteiger partial charge in [-0.05, 0) is 56.7 Å². The Balaban J connectivity index is 1.79. The Kier molecular flexibility index (Phi) is 5.93. The van der Waals surface area contributed by atoms with Gasteiger partial charge in [0.15, 0.2) is 0 Å². The molecule has 0 saturated carbocycles. The lowest BCUT2D eigenvalue weighted by Gasteiger charge is -2.11. The molecule has 1 heterocycles. The zero-order chi connectivity index (χ0) is 21.0. The zero-order valence-electron chi connectivity index (χ0n) is 17.0. The minimum atomic E-state index is -0.251. The summed E-state index contributed by atoms with van der Waals surface area (Å²) >= 11 is 0. The maximum atomic E-state index is 12.5. The Morgan fingerprint density at radius 1 is 0.931 bits per heavy atom. The van der Waals surface area contributed by atoms with Gasteiger partial charge < -0.3 is 10.6 Å². The van der Waals surface area contributed by atoms with Gasteiger partial charge in [0.25, 0.3) is 0 Å². The van der Waals surface area contributed by atoms with Crippen molar-refractivity contribution in [3.8, 4) is 5.69 Å². The number of amides is 2. The minimum Gasteiger partial charge on any atom is -0.326 e. The molecule has 0 saturated heterocycles. The third-order valence-corrected chi connectivity index (χ3v) is 4.65. The molecule has 0 aliphatic carbocycles. The second kappa shape index (κ2) is 8.56. The van der Waals surface area contributed by atoms with Crippen LogP contribution in [0.15, 0.2) is 54.6 Å². The summed E-state index contributed by atoms with van der Waals surface area (Å²) in [5.41, 5.74) is 5.82. The first-order valence-electron chi connectivity index (χ1n) is 9.34. The molecular weight excluding hydrogens is 364 g/mol. The third-order valence-electron chi connectivity index (χ3n) is 4.65. The van der Waals surface area contributed by atoms with Crippen LogP contribution in [0.5, 0.6) is 0 Å². The molecular formula is C23H24N4O2. The predicted molar refractivity (Wildman–Crippen MR) is 116 cm³/mol. The molecule has 2 amide bonds. The number of nitrogens with zero attached hydrogens (tertiary/aromatic N) is 2. The molecule has 0 aliphatic rings. The Hall–Kier alpha value is -3.67. The van der Waals surface area contributed by atoms with Crippen LogP contribution in [0.25, 0.3) is 11.8 Å². The van der Waals surface area contributed by atoms with E-state index in [1.54, 1.807) is 24.3 Å². The molecule has 148 valence electrons.